The van der Waals surface area contributed by atoms with Gasteiger partial charge in [-0.05, 0) is 57.2 Å². The van der Waals surface area contributed by atoms with Gasteiger partial charge in [0.05, 0.1) is 12.2 Å². The molecule has 2 aliphatic heterocycles. The molecule has 6 heteroatoms. The fraction of sp³-hybridized carbons (Fsp3) is 0.600. The van der Waals surface area contributed by atoms with Crippen LogP contribution in [0.15, 0.2) is 11.6 Å². The molecule has 26 heavy (non-hydrogen) atoms. The molecule has 1 aromatic heterocycles. The van der Waals surface area contributed by atoms with Crippen LogP contribution in [-0.4, -0.2) is 42.4 Å². The summed E-state index contributed by atoms with van der Waals surface area (Å²) in [6.07, 6.45) is 6.17. The minimum absolute atomic E-state index is 0.0652. The second kappa shape index (κ2) is 8.52. The summed E-state index contributed by atoms with van der Waals surface area (Å²) in [6, 6.07) is 4.05. The van der Waals surface area contributed by atoms with Gasteiger partial charge in [0, 0.05) is 37.7 Å². The van der Waals surface area contributed by atoms with Gasteiger partial charge in [-0.25, -0.2) is 0 Å². The topological polar surface area (TPSA) is 76.3 Å². The zero-order valence-electron chi connectivity index (χ0n) is 15.6. The second-order valence-corrected chi connectivity index (χ2v) is 7.09. The summed E-state index contributed by atoms with van der Waals surface area (Å²) < 4.78 is 13.4. The number of ether oxygens (including phenoxy) is 2. The van der Waals surface area contributed by atoms with E-state index in [0.717, 1.165) is 62.4 Å². The van der Waals surface area contributed by atoms with E-state index >= 15 is 0 Å². The molecule has 2 aliphatic rings. The Balaban J connectivity index is 1.69. The normalized spacial score (nSPS) is 23.2. The summed E-state index contributed by atoms with van der Waals surface area (Å²) in [5.41, 5.74) is 3.20. The fourth-order valence-electron chi connectivity index (χ4n) is 3.66. The molecule has 6 nitrogen and oxygen atoms in total. The molecule has 2 saturated heterocycles. The number of carbonyl (C=O) groups excluding carboxylic acids is 1. The quantitative estimate of drug-likeness (QED) is 0.627. The Morgan fingerprint density at radius 1 is 1.31 bits per heavy atom. The van der Waals surface area contributed by atoms with Gasteiger partial charge in [0.15, 0.2) is 0 Å². The molecule has 0 aromatic carbocycles. The molecule has 0 aliphatic carbocycles. The first-order chi connectivity index (χ1) is 12.6. The fourth-order valence-corrected chi connectivity index (χ4v) is 3.66. The third kappa shape index (κ3) is 4.35. The number of hydrogen-bond acceptors (Lipinski definition) is 4. The number of aryl methyl sites for hydroxylation is 1. The van der Waals surface area contributed by atoms with E-state index in [1.807, 2.05) is 26.0 Å². The average Bonchev–Trinajstić information content (AvgIpc) is 3.37. The highest BCUT2D eigenvalue weighted by molar-refractivity contribution is 6.01. The van der Waals surface area contributed by atoms with Crippen molar-refractivity contribution in [1.29, 1.82) is 5.26 Å². The van der Waals surface area contributed by atoms with Gasteiger partial charge in [0.25, 0.3) is 5.91 Å². The number of rotatable bonds is 6. The van der Waals surface area contributed by atoms with E-state index in [0.29, 0.717) is 6.54 Å². The first-order valence-corrected chi connectivity index (χ1v) is 9.38. The van der Waals surface area contributed by atoms with Crippen molar-refractivity contribution in [2.24, 2.45) is 0 Å². The van der Waals surface area contributed by atoms with Crippen molar-refractivity contribution in [3.8, 4) is 6.07 Å². The summed E-state index contributed by atoms with van der Waals surface area (Å²) in [4.78, 5) is 12.3. The van der Waals surface area contributed by atoms with Gasteiger partial charge in [-0.3, -0.25) is 4.79 Å². The number of carbonyl (C=O) groups is 1. The van der Waals surface area contributed by atoms with Crippen molar-refractivity contribution in [3.63, 3.8) is 0 Å². The summed E-state index contributed by atoms with van der Waals surface area (Å²) in [7, 11) is 0. The standard InChI is InChI=1S/C20H27N3O3/c1-14-9-16(15(2)23(14)13-19-6-4-8-26-19)10-17(11-21)20(24)22-12-18-5-3-7-25-18/h9-10,18-19H,3-8,12-13H2,1-2H3,(H,22,24)/b17-10+/t18-,19-/m0/s1. The van der Waals surface area contributed by atoms with Gasteiger partial charge in [-0.2, -0.15) is 5.26 Å². The molecule has 1 N–H and O–H groups in total. The molecular weight excluding hydrogens is 330 g/mol. The van der Waals surface area contributed by atoms with Crippen molar-refractivity contribution in [1.82, 2.24) is 9.88 Å². The van der Waals surface area contributed by atoms with E-state index < -0.39 is 0 Å². The van der Waals surface area contributed by atoms with Crippen LogP contribution in [0.5, 0.6) is 0 Å². The number of nitriles is 1. The van der Waals surface area contributed by atoms with Crippen LogP contribution in [0.25, 0.3) is 6.08 Å². The zero-order chi connectivity index (χ0) is 18.5. The third-order valence-corrected chi connectivity index (χ3v) is 5.20. The average molecular weight is 357 g/mol. The van der Waals surface area contributed by atoms with Gasteiger partial charge in [0.2, 0.25) is 0 Å². The van der Waals surface area contributed by atoms with Crippen molar-refractivity contribution < 1.29 is 14.3 Å². The zero-order valence-corrected chi connectivity index (χ0v) is 15.6. The Labute approximate surface area is 154 Å². The minimum atomic E-state index is -0.341. The van der Waals surface area contributed by atoms with E-state index in [1.54, 1.807) is 6.08 Å². The van der Waals surface area contributed by atoms with E-state index in [1.165, 1.54) is 0 Å². The van der Waals surface area contributed by atoms with Gasteiger partial charge in [0.1, 0.15) is 11.6 Å². The third-order valence-electron chi connectivity index (χ3n) is 5.20. The monoisotopic (exact) mass is 357 g/mol. The lowest BCUT2D eigenvalue weighted by Crippen LogP contribution is -2.32. The molecule has 2 fully saturated rings. The lowest BCUT2D eigenvalue weighted by Gasteiger charge is -2.14. The minimum Gasteiger partial charge on any atom is -0.376 e. The van der Waals surface area contributed by atoms with E-state index in [2.05, 4.69) is 9.88 Å². The predicted octanol–water partition coefficient (Wildman–Crippen LogP) is 2.49. The first kappa shape index (κ1) is 18.7. The predicted molar refractivity (Wildman–Crippen MR) is 98.5 cm³/mol. The Morgan fingerprint density at radius 2 is 2.00 bits per heavy atom. The maximum atomic E-state index is 12.3. The van der Waals surface area contributed by atoms with E-state index in [4.69, 9.17) is 9.47 Å². The summed E-state index contributed by atoms with van der Waals surface area (Å²) in [5.74, 6) is -0.341. The maximum Gasteiger partial charge on any atom is 0.262 e. The number of nitrogens with one attached hydrogen (secondary N) is 1. The van der Waals surface area contributed by atoms with Crippen LogP contribution >= 0.6 is 0 Å². The van der Waals surface area contributed by atoms with Gasteiger partial charge >= 0.3 is 0 Å². The SMILES string of the molecule is Cc1cc(/C=C(\C#N)C(=O)NC[C@@H]2CCCO2)c(C)n1C[C@@H]1CCCO1. The van der Waals surface area contributed by atoms with Crippen LogP contribution < -0.4 is 5.32 Å². The second-order valence-electron chi connectivity index (χ2n) is 7.09. The highest BCUT2D eigenvalue weighted by Crippen LogP contribution is 2.22. The number of nitrogens with zero attached hydrogens (tertiary/aromatic N) is 2. The molecule has 1 amide bonds. The smallest absolute Gasteiger partial charge is 0.262 e. The maximum absolute atomic E-state index is 12.3. The lowest BCUT2D eigenvalue weighted by molar-refractivity contribution is -0.117. The molecule has 0 spiro atoms. The molecule has 1 aromatic rings. The molecule has 0 radical (unpaired) electrons. The van der Waals surface area contributed by atoms with Crippen LogP contribution in [0, 0.1) is 25.2 Å². The van der Waals surface area contributed by atoms with Crippen molar-refractivity contribution in [2.45, 2.75) is 58.3 Å². The number of aromatic nitrogens is 1. The highest BCUT2D eigenvalue weighted by atomic mass is 16.5. The molecule has 140 valence electrons. The van der Waals surface area contributed by atoms with Crippen molar-refractivity contribution in [2.75, 3.05) is 19.8 Å². The van der Waals surface area contributed by atoms with Crippen molar-refractivity contribution in [3.05, 3.63) is 28.6 Å². The van der Waals surface area contributed by atoms with Crippen molar-refractivity contribution >= 4 is 12.0 Å². The van der Waals surface area contributed by atoms with Crippen LogP contribution in [0.3, 0.4) is 0 Å². The molecule has 0 unspecified atom stereocenters. The van der Waals surface area contributed by atoms with Crippen LogP contribution in [0.2, 0.25) is 0 Å². The first-order valence-electron chi connectivity index (χ1n) is 9.38. The molecule has 0 saturated carbocycles. The Bertz CT molecular complexity index is 717. The molecule has 2 atom stereocenters. The molecular formula is C20H27N3O3. The molecule has 0 bridgehead atoms. The highest BCUT2D eigenvalue weighted by Gasteiger charge is 2.20. The molecule has 3 heterocycles. The van der Waals surface area contributed by atoms with Gasteiger partial charge in [-0.1, -0.05) is 0 Å². The van der Waals surface area contributed by atoms with E-state index in [-0.39, 0.29) is 23.7 Å². The summed E-state index contributed by atoms with van der Waals surface area (Å²) in [5, 5.41) is 12.2. The van der Waals surface area contributed by atoms with Crippen LogP contribution in [-0.2, 0) is 20.8 Å². The Kier molecular flexibility index (Phi) is 6.12. The summed E-state index contributed by atoms with van der Waals surface area (Å²) in [6.45, 7) is 6.92. The lowest BCUT2D eigenvalue weighted by atomic mass is 10.1. The van der Waals surface area contributed by atoms with Crippen LogP contribution in [0.1, 0.15) is 42.6 Å². The van der Waals surface area contributed by atoms with Gasteiger partial charge < -0.3 is 19.4 Å². The largest absolute Gasteiger partial charge is 0.376 e. The number of hydrogen-bond donors (Lipinski definition) is 1. The summed E-state index contributed by atoms with van der Waals surface area (Å²) >= 11 is 0. The number of amides is 1. The van der Waals surface area contributed by atoms with Crippen LogP contribution in [0.4, 0.5) is 0 Å². The Hall–Kier alpha value is -2.10. The van der Waals surface area contributed by atoms with Gasteiger partial charge in [-0.15, -0.1) is 0 Å². The van der Waals surface area contributed by atoms with E-state index in [9.17, 15) is 10.1 Å². The Morgan fingerprint density at radius 3 is 2.62 bits per heavy atom. The molecule has 3 rings (SSSR count).